The number of anilines is 1. The summed E-state index contributed by atoms with van der Waals surface area (Å²) in [5.74, 6) is 0.702. The van der Waals surface area contributed by atoms with Crippen molar-refractivity contribution in [3.8, 4) is 11.4 Å². The van der Waals surface area contributed by atoms with Crippen molar-refractivity contribution in [3.05, 3.63) is 58.6 Å². The maximum atomic E-state index is 5.81. The van der Waals surface area contributed by atoms with Gasteiger partial charge in [0.2, 0.25) is 0 Å². The fourth-order valence-electron chi connectivity index (χ4n) is 1.98. The normalized spacial score (nSPS) is 10.7. The summed E-state index contributed by atoms with van der Waals surface area (Å²) in [5, 5.41) is 11.9. The highest BCUT2D eigenvalue weighted by atomic mass is 79.9. The summed E-state index contributed by atoms with van der Waals surface area (Å²) in [7, 11) is 0. The van der Waals surface area contributed by atoms with E-state index in [0.717, 1.165) is 15.6 Å². The number of nitrogens with two attached hydrogens (primary N) is 1. The minimum atomic E-state index is 0.596. The molecule has 1 aromatic heterocycles. The summed E-state index contributed by atoms with van der Waals surface area (Å²) in [6.45, 7) is 0.596. The van der Waals surface area contributed by atoms with Crippen LogP contribution in [-0.4, -0.2) is 20.2 Å². The van der Waals surface area contributed by atoms with Gasteiger partial charge in [-0.1, -0.05) is 46.3 Å². The molecule has 0 atom stereocenters. The summed E-state index contributed by atoms with van der Waals surface area (Å²) >= 11 is 3.53. The predicted octanol–water partition coefficient (Wildman–Crippen LogP) is 2.73. The fraction of sp³-hybridized carbons (Fsp3) is 0.0714. The average molecular weight is 330 g/mol. The van der Waals surface area contributed by atoms with E-state index in [2.05, 4.69) is 31.5 Å². The highest BCUT2D eigenvalue weighted by molar-refractivity contribution is 9.10. The van der Waals surface area contributed by atoms with Crippen LogP contribution in [0.3, 0.4) is 0 Å². The monoisotopic (exact) mass is 329 g/mol. The largest absolute Gasteiger partial charge is 0.399 e. The van der Waals surface area contributed by atoms with E-state index in [-0.39, 0.29) is 0 Å². The minimum absolute atomic E-state index is 0.596. The molecule has 2 N–H and O–H groups in total. The van der Waals surface area contributed by atoms with E-state index in [1.165, 1.54) is 0 Å². The first-order valence-corrected chi connectivity index (χ1v) is 6.89. The third-order valence-electron chi connectivity index (χ3n) is 2.95. The molecule has 100 valence electrons. The van der Waals surface area contributed by atoms with Gasteiger partial charge in [-0.05, 0) is 34.2 Å². The Morgan fingerprint density at radius 3 is 2.75 bits per heavy atom. The molecule has 0 aliphatic heterocycles. The highest BCUT2D eigenvalue weighted by Crippen LogP contribution is 2.21. The van der Waals surface area contributed by atoms with Crippen molar-refractivity contribution in [1.29, 1.82) is 0 Å². The number of nitrogen functional groups attached to an aromatic ring is 1. The second-order valence-electron chi connectivity index (χ2n) is 4.38. The molecule has 3 rings (SSSR count). The van der Waals surface area contributed by atoms with Gasteiger partial charge in [0.05, 0.1) is 6.54 Å². The first kappa shape index (κ1) is 12.8. The Morgan fingerprint density at radius 1 is 1.10 bits per heavy atom. The summed E-state index contributed by atoms with van der Waals surface area (Å²) in [6, 6.07) is 15.5. The van der Waals surface area contributed by atoms with Crippen LogP contribution < -0.4 is 5.73 Å². The molecule has 0 bridgehead atoms. The predicted molar refractivity (Wildman–Crippen MR) is 80.9 cm³/mol. The molecule has 20 heavy (non-hydrogen) atoms. The number of halogens is 1. The smallest absolute Gasteiger partial charge is 0.182 e. The van der Waals surface area contributed by atoms with Crippen LogP contribution in [0.2, 0.25) is 0 Å². The molecule has 0 radical (unpaired) electrons. The molecule has 5 nitrogen and oxygen atoms in total. The number of benzene rings is 2. The Morgan fingerprint density at radius 2 is 1.95 bits per heavy atom. The van der Waals surface area contributed by atoms with E-state index in [1.807, 2.05) is 48.5 Å². The Labute approximate surface area is 124 Å². The van der Waals surface area contributed by atoms with Crippen LogP contribution >= 0.6 is 15.9 Å². The van der Waals surface area contributed by atoms with Gasteiger partial charge < -0.3 is 5.73 Å². The van der Waals surface area contributed by atoms with Crippen molar-refractivity contribution >= 4 is 21.6 Å². The van der Waals surface area contributed by atoms with Crippen LogP contribution in [0, 0.1) is 0 Å². The van der Waals surface area contributed by atoms with Gasteiger partial charge in [-0.15, -0.1) is 5.10 Å². The number of hydrogen-bond acceptors (Lipinski definition) is 4. The van der Waals surface area contributed by atoms with E-state index >= 15 is 0 Å². The van der Waals surface area contributed by atoms with Gasteiger partial charge in [0.1, 0.15) is 0 Å². The molecule has 0 spiro atoms. The van der Waals surface area contributed by atoms with Gasteiger partial charge in [0.25, 0.3) is 0 Å². The first-order chi connectivity index (χ1) is 9.74. The lowest BCUT2D eigenvalue weighted by atomic mass is 10.2. The second kappa shape index (κ2) is 5.42. The molecule has 2 aromatic carbocycles. The zero-order valence-corrected chi connectivity index (χ0v) is 12.2. The third kappa shape index (κ3) is 2.55. The van der Waals surface area contributed by atoms with Gasteiger partial charge >= 0.3 is 0 Å². The van der Waals surface area contributed by atoms with E-state index in [0.29, 0.717) is 18.1 Å². The maximum Gasteiger partial charge on any atom is 0.182 e. The molecule has 0 saturated heterocycles. The molecule has 0 saturated carbocycles. The molecule has 1 heterocycles. The third-order valence-corrected chi connectivity index (χ3v) is 3.73. The van der Waals surface area contributed by atoms with Crippen molar-refractivity contribution in [3.63, 3.8) is 0 Å². The molecule has 0 aliphatic rings. The van der Waals surface area contributed by atoms with Gasteiger partial charge in [0.15, 0.2) is 5.82 Å². The second-order valence-corrected chi connectivity index (χ2v) is 5.23. The molecule has 0 unspecified atom stereocenters. The lowest BCUT2D eigenvalue weighted by Crippen LogP contribution is -2.05. The van der Waals surface area contributed by atoms with Crippen LogP contribution in [0.4, 0.5) is 5.69 Å². The Hall–Kier alpha value is -2.21. The lowest BCUT2D eigenvalue weighted by molar-refractivity contribution is 0.652. The summed E-state index contributed by atoms with van der Waals surface area (Å²) < 4.78 is 2.79. The van der Waals surface area contributed by atoms with Crippen LogP contribution in [0.25, 0.3) is 11.4 Å². The van der Waals surface area contributed by atoms with Crippen LogP contribution in [0.1, 0.15) is 5.56 Å². The average Bonchev–Trinajstić information content (AvgIpc) is 2.90. The van der Waals surface area contributed by atoms with Gasteiger partial charge in [0, 0.05) is 15.7 Å². The van der Waals surface area contributed by atoms with Gasteiger partial charge in [-0.3, -0.25) is 0 Å². The van der Waals surface area contributed by atoms with Crippen molar-refractivity contribution < 1.29 is 0 Å². The number of tetrazole rings is 1. The molecule has 6 heteroatoms. The molecule has 3 aromatic rings. The molecular weight excluding hydrogens is 318 g/mol. The van der Waals surface area contributed by atoms with Crippen molar-refractivity contribution in [2.75, 3.05) is 5.73 Å². The van der Waals surface area contributed by atoms with Crippen LogP contribution in [0.5, 0.6) is 0 Å². The quantitative estimate of drug-likeness (QED) is 0.750. The Bertz CT molecular complexity index is 738. The molecular formula is C14H12BrN5. The molecule has 0 amide bonds. The van der Waals surface area contributed by atoms with Gasteiger partial charge in [-0.2, -0.15) is 0 Å². The molecule has 0 fully saturated rings. The van der Waals surface area contributed by atoms with Gasteiger partial charge in [-0.25, -0.2) is 4.68 Å². The zero-order chi connectivity index (χ0) is 13.9. The highest BCUT2D eigenvalue weighted by Gasteiger charge is 2.10. The number of nitrogens with zero attached hydrogens (tertiary/aromatic N) is 4. The molecule has 0 aliphatic carbocycles. The van der Waals surface area contributed by atoms with E-state index in [1.54, 1.807) is 4.68 Å². The van der Waals surface area contributed by atoms with Crippen LogP contribution in [-0.2, 0) is 6.54 Å². The minimum Gasteiger partial charge on any atom is -0.399 e. The van der Waals surface area contributed by atoms with Crippen LogP contribution in [0.15, 0.2) is 53.0 Å². The number of aromatic nitrogens is 4. The Kier molecular flexibility index (Phi) is 3.47. The van der Waals surface area contributed by atoms with Crippen molar-refractivity contribution in [2.45, 2.75) is 6.54 Å². The van der Waals surface area contributed by atoms with E-state index in [9.17, 15) is 0 Å². The maximum absolute atomic E-state index is 5.81. The fourth-order valence-corrected chi connectivity index (χ4v) is 2.39. The summed E-state index contributed by atoms with van der Waals surface area (Å²) in [6.07, 6.45) is 0. The SMILES string of the molecule is Nc1cccc(-c2nnnn2Cc2ccccc2Br)c1. The number of rotatable bonds is 3. The van der Waals surface area contributed by atoms with Crippen molar-refractivity contribution in [1.82, 2.24) is 20.2 Å². The first-order valence-electron chi connectivity index (χ1n) is 6.09. The van der Waals surface area contributed by atoms with E-state index in [4.69, 9.17) is 5.73 Å². The summed E-state index contributed by atoms with van der Waals surface area (Å²) in [5.41, 5.74) is 8.52. The van der Waals surface area contributed by atoms with E-state index < -0.39 is 0 Å². The standard InChI is InChI=1S/C14H12BrN5/c15-13-7-2-1-4-11(13)9-20-14(17-18-19-20)10-5-3-6-12(16)8-10/h1-8H,9,16H2. The lowest BCUT2D eigenvalue weighted by Gasteiger charge is -2.07. The Balaban J connectivity index is 1.97. The topological polar surface area (TPSA) is 69.6 Å². The summed E-state index contributed by atoms with van der Waals surface area (Å²) in [4.78, 5) is 0. The number of hydrogen-bond donors (Lipinski definition) is 1. The zero-order valence-electron chi connectivity index (χ0n) is 10.6. The van der Waals surface area contributed by atoms with Crippen molar-refractivity contribution in [2.24, 2.45) is 0 Å².